The summed E-state index contributed by atoms with van der Waals surface area (Å²) in [7, 11) is 3.74. The van der Waals surface area contributed by atoms with Crippen LogP contribution in [-0.2, 0) is 24.8 Å². The van der Waals surface area contributed by atoms with E-state index in [0.29, 0.717) is 13.2 Å². The Balaban J connectivity index is 1.71. The van der Waals surface area contributed by atoms with Crippen LogP contribution in [0, 0.1) is 0 Å². The summed E-state index contributed by atoms with van der Waals surface area (Å²) in [6.45, 7) is 1.19. The molecule has 0 saturated heterocycles. The lowest BCUT2D eigenvalue weighted by atomic mass is 10.2. The van der Waals surface area contributed by atoms with E-state index in [2.05, 4.69) is 27.8 Å². The van der Waals surface area contributed by atoms with E-state index in [4.69, 9.17) is 14.5 Å². The molecule has 132 valence electrons. The third-order valence-electron chi connectivity index (χ3n) is 4.54. The predicted molar refractivity (Wildman–Crippen MR) is 102 cm³/mol. The number of rotatable bonds is 6. The minimum Gasteiger partial charge on any atom is -0.489 e. The number of nitrogens with zero attached hydrogens (tertiary/aromatic N) is 3. The van der Waals surface area contributed by atoms with Gasteiger partial charge in [0.1, 0.15) is 23.7 Å². The fraction of sp³-hybridized carbons (Fsp3) is 0.238. The first-order chi connectivity index (χ1) is 12.8. The number of aryl methyl sites for hydroxylation is 1. The van der Waals surface area contributed by atoms with Gasteiger partial charge in [-0.25, -0.2) is 4.98 Å². The van der Waals surface area contributed by atoms with Crippen LogP contribution in [0.15, 0.2) is 54.7 Å². The first-order valence-electron chi connectivity index (χ1n) is 8.66. The molecular weight excluding hydrogens is 326 g/mol. The molecular formula is C21H21N3O2. The lowest BCUT2D eigenvalue weighted by Gasteiger charge is -2.08. The van der Waals surface area contributed by atoms with Crippen LogP contribution in [0.5, 0.6) is 5.75 Å². The van der Waals surface area contributed by atoms with Gasteiger partial charge in [-0.2, -0.15) is 0 Å². The van der Waals surface area contributed by atoms with Gasteiger partial charge in [-0.15, -0.1) is 0 Å². The van der Waals surface area contributed by atoms with Gasteiger partial charge in [0.15, 0.2) is 0 Å². The highest BCUT2D eigenvalue weighted by Crippen LogP contribution is 2.28. The Morgan fingerprint density at radius 2 is 1.88 bits per heavy atom. The van der Waals surface area contributed by atoms with Crippen molar-refractivity contribution >= 4 is 21.9 Å². The highest BCUT2D eigenvalue weighted by atomic mass is 16.5. The third kappa shape index (κ3) is 3.13. The zero-order chi connectivity index (χ0) is 17.9. The number of ether oxygens (including phenoxy) is 2. The Morgan fingerprint density at radius 1 is 1.04 bits per heavy atom. The molecule has 4 rings (SSSR count). The second kappa shape index (κ2) is 7.14. The van der Waals surface area contributed by atoms with Crippen LogP contribution in [0.1, 0.15) is 11.4 Å². The third-order valence-corrected chi connectivity index (χ3v) is 4.54. The molecule has 0 fully saturated rings. The molecule has 26 heavy (non-hydrogen) atoms. The molecule has 0 amide bonds. The standard InChI is InChI=1S/C21H21N3O2/c1-24-20(10-11-25-2)23-19-13-22-18-9-8-16(12-17(18)21(19)24)26-14-15-6-4-3-5-7-15/h3-9,12-13H,10-11,14H2,1-2H3. The molecule has 2 aromatic heterocycles. The number of benzene rings is 2. The predicted octanol–water partition coefficient (Wildman–Crippen LogP) is 3.89. The first kappa shape index (κ1) is 16.5. The Bertz CT molecular complexity index is 1040. The Hall–Kier alpha value is -2.92. The number of fused-ring (bicyclic) bond motifs is 3. The molecule has 0 unspecified atom stereocenters. The lowest BCUT2D eigenvalue weighted by molar-refractivity contribution is 0.200. The van der Waals surface area contributed by atoms with Crippen LogP contribution in [0.4, 0.5) is 0 Å². The monoisotopic (exact) mass is 347 g/mol. The molecule has 0 atom stereocenters. The molecule has 0 aliphatic carbocycles. The van der Waals surface area contributed by atoms with Crippen molar-refractivity contribution in [3.63, 3.8) is 0 Å². The zero-order valence-electron chi connectivity index (χ0n) is 15.0. The Labute approximate surface area is 152 Å². The Kier molecular flexibility index (Phi) is 4.54. The summed E-state index contributed by atoms with van der Waals surface area (Å²) < 4.78 is 13.3. The van der Waals surface area contributed by atoms with Crippen molar-refractivity contribution in [2.75, 3.05) is 13.7 Å². The van der Waals surface area contributed by atoms with Crippen molar-refractivity contribution in [2.45, 2.75) is 13.0 Å². The number of hydrogen-bond acceptors (Lipinski definition) is 4. The molecule has 0 aliphatic rings. The van der Waals surface area contributed by atoms with Crippen molar-refractivity contribution in [2.24, 2.45) is 7.05 Å². The first-order valence-corrected chi connectivity index (χ1v) is 8.66. The van der Waals surface area contributed by atoms with Crippen LogP contribution in [0.25, 0.3) is 21.9 Å². The van der Waals surface area contributed by atoms with Crippen molar-refractivity contribution in [3.8, 4) is 5.75 Å². The highest BCUT2D eigenvalue weighted by Gasteiger charge is 2.12. The van der Waals surface area contributed by atoms with Crippen LogP contribution in [-0.4, -0.2) is 28.3 Å². The Morgan fingerprint density at radius 3 is 2.69 bits per heavy atom. The van der Waals surface area contributed by atoms with E-state index < -0.39 is 0 Å². The van der Waals surface area contributed by atoms with E-state index in [1.54, 1.807) is 7.11 Å². The van der Waals surface area contributed by atoms with E-state index >= 15 is 0 Å². The molecule has 2 heterocycles. The molecule has 2 aromatic carbocycles. The molecule has 0 bridgehead atoms. The van der Waals surface area contributed by atoms with Crippen LogP contribution < -0.4 is 4.74 Å². The summed E-state index contributed by atoms with van der Waals surface area (Å²) in [5.41, 5.74) is 4.05. The number of aromatic nitrogens is 3. The highest BCUT2D eigenvalue weighted by molar-refractivity contribution is 6.02. The van der Waals surface area contributed by atoms with Gasteiger partial charge < -0.3 is 14.0 Å². The van der Waals surface area contributed by atoms with E-state index in [1.165, 1.54) is 0 Å². The average molecular weight is 347 g/mol. The molecule has 5 nitrogen and oxygen atoms in total. The summed E-state index contributed by atoms with van der Waals surface area (Å²) in [6.07, 6.45) is 2.60. The van der Waals surface area contributed by atoms with E-state index in [0.717, 1.165) is 45.5 Å². The second-order valence-corrected chi connectivity index (χ2v) is 6.28. The minimum atomic E-state index is 0.542. The molecule has 5 heteroatoms. The molecule has 0 N–H and O–H groups in total. The molecule has 0 spiro atoms. The van der Waals surface area contributed by atoms with Crippen LogP contribution in [0.2, 0.25) is 0 Å². The van der Waals surface area contributed by atoms with Gasteiger partial charge in [0.05, 0.1) is 23.8 Å². The van der Waals surface area contributed by atoms with E-state index in [9.17, 15) is 0 Å². The molecule has 4 aromatic rings. The van der Waals surface area contributed by atoms with Gasteiger partial charge in [-0.3, -0.25) is 4.98 Å². The van der Waals surface area contributed by atoms with Crippen LogP contribution in [0.3, 0.4) is 0 Å². The van der Waals surface area contributed by atoms with Gasteiger partial charge in [-0.1, -0.05) is 30.3 Å². The van der Waals surface area contributed by atoms with Crippen LogP contribution >= 0.6 is 0 Å². The van der Waals surface area contributed by atoms with Gasteiger partial charge in [0, 0.05) is 26.0 Å². The molecule has 0 saturated carbocycles. The number of hydrogen-bond donors (Lipinski definition) is 0. The fourth-order valence-electron chi connectivity index (χ4n) is 3.17. The van der Waals surface area contributed by atoms with Gasteiger partial charge in [0.25, 0.3) is 0 Å². The molecule has 0 aliphatic heterocycles. The van der Waals surface area contributed by atoms with Crippen molar-refractivity contribution in [1.82, 2.24) is 14.5 Å². The summed E-state index contributed by atoms with van der Waals surface area (Å²) in [6, 6.07) is 16.2. The zero-order valence-corrected chi connectivity index (χ0v) is 15.0. The quantitative estimate of drug-likeness (QED) is 0.531. The maximum Gasteiger partial charge on any atom is 0.120 e. The molecule has 0 radical (unpaired) electrons. The SMILES string of the molecule is COCCc1nc2cnc3ccc(OCc4ccccc4)cc3c2n1C. The maximum absolute atomic E-state index is 5.98. The van der Waals surface area contributed by atoms with Crippen molar-refractivity contribution in [3.05, 3.63) is 66.1 Å². The number of pyridine rings is 1. The van der Waals surface area contributed by atoms with E-state index in [-0.39, 0.29) is 0 Å². The smallest absolute Gasteiger partial charge is 0.120 e. The van der Waals surface area contributed by atoms with Gasteiger partial charge >= 0.3 is 0 Å². The summed E-state index contributed by atoms with van der Waals surface area (Å²) in [5, 5.41) is 1.05. The lowest BCUT2D eigenvalue weighted by Crippen LogP contribution is -2.02. The number of methoxy groups -OCH3 is 1. The number of imidazole rings is 1. The topological polar surface area (TPSA) is 49.2 Å². The summed E-state index contributed by atoms with van der Waals surface area (Å²) in [5.74, 6) is 1.82. The van der Waals surface area contributed by atoms with Crippen molar-refractivity contribution < 1.29 is 9.47 Å². The normalized spacial score (nSPS) is 11.3. The van der Waals surface area contributed by atoms with Gasteiger partial charge in [0.2, 0.25) is 0 Å². The minimum absolute atomic E-state index is 0.542. The summed E-state index contributed by atoms with van der Waals surface area (Å²) >= 11 is 0. The second-order valence-electron chi connectivity index (χ2n) is 6.28. The largest absolute Gasteiger partial charge is 0.489 e. The maximum atomic E-state index is 5.98. The van der Waals surface area contributed by atoms with Gasteiger partial charge in [-0.05, 0) is 23.8 Å². The van der Waals surface area contributed by atoms with E-state index in [1.807, 2.05) is 43.6 Å². The van der Waals surface area contributed by atoms with Crippen molar-refractivity contribution in [1.29, 1.82) is 0 Å². The fourth-order valence-corrected chi connectivity index (χ4v) is 3.17. The average Bonchev–Trinajstić information content (AvgIpc) is 3.01. The summed E-state index contributed by atoms with van der Waals surface area (Å²) in [4.78, 5) is 9.24.